The smallest absolute Gasteiger partial charge is 0.276 e. The van der Waals surface area contributed by atoms with Gasteiger partial charge >= 0.3 is 0 Å². The average molecular weight is 188 g/mol. The number of aryl methyl sites for hydroxylation is 1. The van der Waals surface area contributed by atoms with Gasteiger partial charge in [-0.3, -0.25) is 10.1 Å². The molecule has 4 nitrogen and oxygen atoms in total. The van der Waals surface area contributed by atoms with E-state index in [-0.39, 0.29) is 16.5 Å². The van der Waals surface area contributed by atoms with Crippen LogP contribution in [0.3, 0.4) is 0 Å². The zero-order valence-electron chi connectivity index (χ0n) is 6.24. The van der Waals surface area contributed by atoms with E-state index in [1.54, 1.807) is 6.92 Å². The molecule has 0 aliphatic rings. The first-order valence-corrected chi connectivity index (χ1v) is 3.53. The van der Waals surface area contributed by atoms with Gasteiger partial charge in [-0.05, 0) is 13.0 Å². The zero-order valence-corrected chi connectivity index (χ0v) is 7.00. The molecule has 0 atom stereocenters. The van der Waals surface area contributed by atoms with Gasteiger partial charge in [0.2, 0.25) is 0 Å². The molecule has 64 valence electrons. The number of nitro groups is 1. The highest BCUT2D eigenvalue weighted by atomic mass is 35.5. The Hall–Kier alpha value is -1.29. The Kier molecular flexibility index (Phi) is 2.19. The maximum atomic E-state index is 10.3. The number of aromatic hydroxyl groups is 1. The lowest BCUT2D eigenvalue weighted by molar-refractivity contribution is -0.385. The van der Waals surface area contributed by atoms with Crippen LogP contribution >= 0.6 is 11.6 Å². The Morgan fingerprint density at radius 2 is 2.17 bits per heavy atom. The SMILES string of the molecule is Cc1cc(Cl)c(O)cc1[N+](=O)[O-]. The van der Waals surface area contributed by atoms with Gasteiger partial charge in [0.25, 0.3) is 5.69 Å². The largest absolute Gasteiger partial charge is 0.506 e. The summed E-state index contributed by atoms with van der Waals surface area (Å²) in [5.41, 5.74) is 0.305. The third-order valence-electron chi connectivity index (χ3n) is 1.46. The highest BCUT2D eigenvalue weighted by molar-refractivity contribution is 6.32. The molecule has 0 saturated heterocycles. The van der Waals surface area contributed by atoms with Gasteiger partial charge in [0.1, 0.15) is 5.75 Å². The second-order valence-electron chi connectivity index (χ2n) is 2.35. The van der Waals surface area contributed by atoms with Crippen molar-refractivity contribution in [3.05, 3.63) is 32.8 Å². The number of rotatable bonds is 1. The Balaban J connectivity index is 3.33. The molecule has 0 spiro atoms. The van der Waals surface area contributed by atoms with Crippen LogP contribution in [-0.2, 0) is 0 Å². The summed E-state index contributed by atoms with van der Waals surface area (Å²) in [4.78, 5) is 9.77. The molecule has 0 aromatic heterocycles. The Labute approximate surface area is 73.5 Å². The van der Waals surface area contributed by atoms with Gasteiger partial charge in [0, 0.05) is 5.56 Å². The molecular formula is C7H6ClNO3. The Morgan fingerprint density at radius 1 is 1.58 bits per heavy atom. The van der Waals surface area contributed by atoms with Crippen molar-refractivity contribution in [3.8, 4) is 5.75 Å². The lowest BCUT2D eigenvalue weighted by Crippen LogP contribution is -1.90. The molecule has 0 unspecified atom stereocenters. The normalized spacial score (nSPS) is 9.83. The van der Waals surface area contributed by atoms with Crippen molar-refractivity contribution >= 4 is 17.3 Å². The maximum Gasteiger partial charge on any atom is 0.276 e. The average Bonchev–Trinajstić information content (AvgIpc) is 1.96. The van der Waals surface area contributed by atoms with Crippen molar-refractivity contribution in [2.75, 3.05) is 0 Å². The fourth-order valence-corrected chi connectivity index (χ4v) is 1.07. The van der Waals surface area contributed by atoms with Gasteiger partial charge in [-0.1, -0.05) is 11.6 Å². The first-order chi connectivity index (χ1) is 5.52. The molecule has 0 amide bonds. The highest BCUT2D eigenvalue weighted by Crippen LogP contribution is 2.30. The topological polar surface area (TPSA) is 63.4 Å². The second kappa shape index (κ2) is 2.98. The van der Waals surface area contributed by atoms with Crippen LogP contribution in [0.25, 0.3) is 0 Å². The highest BCUT2D eigenvalue weighted by Gasteiger charge is 2.13. The third kappa shape index (κ3) is 1.48. The van der Waals surface area contributed by atoms with Gasteiger partial charge in [-0.2, -0.15) is 0 Å². The fourth-order valence-electron chi connectivity index (χ4n) is 0.847. The summed E-state index contributed by atoms with van der Waals surface area (Å²) < 4.78 is 0. The van der Waals surface area contributed by atoms with E-state index in [0.29, 0.717) is 5.56 Å². The molecular weight excluding hydrogens is 182 g/mol. The van der Waals surface area contributed by atoms with Crippen LogP contribution in [-0.4, -0.2) is 10.0 Å². The van der Waals surface area contributed by atoms with E-state index in [9.17, 15) is 10.1 Å². The van der Waals surface area contributed by atoms with Crippen molar-refractivity contribution in [2.24, 2.45) is 0 Å². The monoisotopic (exact) mass is 187 g/mol. The lowest BCUT2D eigenvalue weighted by atomic mass is 10.2. The Bertz CT molecular complexity index is 338. The number of nitrogens with zero attached hydrogens (tertiary/aromatic N) is 1. The van der Waals surface area contributed by atoms with E-state index in [1.165, 1.54) is 6.07 Å². The van der Waals surface area contributed by atoms with Gasteiger partial charge in [-0.25, -0.2) is 0 Å². The molecule has 0 saturated carbocycles. The molecule has 1 aromatic rings. The van der Waals surface area contributed by atoms with Gasteiger partial charge in [0.05, 0.1) is 16.0 Å². The van der Waals surface area contributed by atoms with E-state index < -0.39 is 4.92 Å². The van der Waals surface area contributed by atoms with Crippen molar-refractivity contribution in [3.63, 3.8) is 0 Å². The molecule has 0 fully saturated rings. The number of hydrogen-bond donors (Lipinski definition) is 1. The molecule has 1 N–H and O–H groups in total. The molecule has 5 heteroatoms. The summed E-state index contributed by atoms with van der Waals surface area (Å²) in [5.74, 6) is -0.269. The number of phenols is 1. The molecule has 0 bridgehead atoms. The van der Waals surface area contributed by atoms with E-state index >= 15 is 0 Å². The fraction of sp³-hybridized carbons (Fsp3) is 0.143. The number of phenolic OH excluding ortho intramolecular Hbond substituents is 1. The van der Waals surface area contributed by atoms with Crippen molar-refractivity contribution in [1.82, 2.24) is 0 Å². The lowest BCUT2D eigenvalue weighted by Gasteiger charge is -1.99. The van der Waals surface area contributed by atoms with E-state index in [4.69, 9.17) is 16.7 Å². The van der Waals surface area contributed by atoms with Crippen LogP contribution in [0.15, 0.2) is 12.1 Å². The van der Waals surface area contributed by atoms with Gasteiger partial charge in [0.15, 0.2) is 0 Å². The van der Waals surface area contributed by atoms with E-state index in [1.807, 2.05) is 0 Å². The summed E-state index contributed by atoms with van der Waals surface area (Å²) in [5, 5.41) is 19.5. The van der Waals surface area contributed by atoms with Crippen LogP contribution in [0.2, 0.25) is 5.02 Å². The van der Waals surface area contributed by atoms with Crippen molar-refractivity contribution < 1.29 is 10.0 Å². The summed E-state index contributed by atoms with van der Waals surface area (Å²) in [6.07, 6.45) is 0. The minimum absolute atomic E-state index is 0.123. The standard InChI is InChI=1S/C7H6ClNO3/c1-4-2-5(8)7(10)3-6(4)9(11)12/h2-3,10H,1H3. The zero-order chi connectivity index (χ0) is 9.30. The first kappa shape index (κ1) is 8.80. The van der Waals surface area contributed by atoms with Crippen LogP contribution in [0, 0.1) is 17.0 Å². The first-order valence-electron chi connectivity index (χ1n) is 3.16. The van der Waals surface area contributed by atoms with Gasteiger partial charge < -0.3 is 5.11 Å². The quantitative estimate of drug-likeness (QED) is 0.542. The predicted molar refractivity (Wildman–Crippen MR) is 44.5 cm³/mol. The van der Waals surface area contributed by atoms with Gasteiger partial charge in [-0.15, -0.1) is 0 Å². The van der Waals surface area contributed by atoms with E-state index in [0.717, 1.165) is 6.07 Å². The van der Waals surface area contributed by atoms with Crippen molar-refractivity contribution in [2.45, 2.75) is 6.92 Å². The summed E-state index contributed by atoms with van der Waals surface area (Å²) in [6, 6.07) is 2.40. The number of benzene rings is 1. The molecule has 1 aromatic carbocycles. The molecule has 1 rings (SSSR count). The molecule has 12 heavy (non-hydrogen) atoms. The molecule has 0 aliphatic carbocycles. The van der Waals surface area contributed by atoms with Crippen molar-refractivity contribution in [1.29, 1.82) is 0 Å². The minimum Gasteiger partial charge on any atom is -0.506 e. The minimum atomic E-state index is -0.564. The summed E-state index contributed by atoms with van der Waals surface area (Å²) in [7, 11) is 0. The Morgan fingerprint density at radius 3 is 2.67 bits per heavy atom. The third-order valence-corrected chi connectivity index (χ3v) is 1.76. The second-order valence-corrected chi connectivity index (χ2v) is 2.75. The van der Waals surface area contributed by atoms with Crippen LogP contribution in [0.1, 0.15) is 5.56 Å². The van der Waals surface area contributed by atoms with E-state index in [2.05, 4.69) is 0 Å². The van der Waals surface area contributed by atoms with Crippen LogP contribution < -0.4 is 0 Å². The number of hydrogen-bond acceptors (Lipinski definition) is 3. The van der Waals surface area contributed by atoms with Crippen LogP contribution in [0.4, 0.5) is 5.69 Å². The summed E-state index contributed by atoms with van der Waals surface area (Å²) >= 11 is 5.52. The molecule has 0 radical (unpaired) electrons. The number of halogens is 1. The molecule has 0 heterocycles. The predicted octanol–water partition coefficient (Wildman–Crippen LogP) is 2.26. The molecule has 0 aliphatic heterocycles. The maximum absolute atomic E-state index is 10.3. The number of nitro benzene ring substituents is 1. The summed E-state index contributed by atoms with van der Waals surface area (Å²) in [6.45, 7) is 1.56. The van der Waals surface area contributed by atoms with Crippen LogP contribution in [0.5, 0.6) is 5.75 Å².